The highest BCUT2D eigenvalue weighted by Gasteiger charge is 2.39. The monoisotopic (exact) mass is 488 g/mol. The molecule has 0 spiro atoms. The van der Waals surface area contributed by atoms with Crippen molar-refractivity contribution < 1.29 is 38.0 Å². The molecule has 0 aliphatic carbocycles. The lowest BCUT2D eigenvalue weighted by Crippen LogP contribution is -2.38. The Morgan fingerprint density at radius 3 is 2.69 bits per heavy atom. The normalized spacial score (nSPS) is 19.7. The fourth-order valence-corrected chi connectivity index (χ4v) is 3.92. The summed E-state index contributed by atoms with van der Waals surface area (Å²) in [6.45, 7) is 7.00. The molecule has 0 saturated carbocycles. The number of carbonyl (C=O) groups is 1. The van der Waals surface area contributed by atoms with Crippen molar-refractivity contribution in [2.75, 3.05) is 46.2 Å². The van der Waals surface area contributed by atoms with E-state index in [-0.39, 0.29) is 36.9 Å². The number of esters is 1. The first-order valence-corrected chi connectivity index (χ1v) is 11.7. The number of allylic oxidation sites excluding steroid dienone is 1. The van der Waals surface area contributed by atoms with Crippen molar-refractivity contribution in [1.29, 1.82) is 0 Å². The Morgan fingerprint density at radius 1 is 1.17 bits per heavy atom. The molecule has 2 aromatic rings. The zero-order valence-corrected chi connectivity index (χ0v) is 19.9. The highest BCUT2D eigenvalue weighted by Crippen LogP contribution is 2.38. The lowest BCUT2D eigenvalue weighted by molar-refractivity contribution is -0.176. The maximum atomic E-state index is 13.4. The molecule has 3 atom stereocenters. The molecule has 0 unspecified atom stereocenters. The number of hydrogen-bond acceptors (Lipinski definition) is 9. The zero-order chi connectivity index (χ0) is 25.0. The first kappa shape index (κ1) is 26.6. The van der Waals surface area contributed by atoms with Crippen molar-refractivity contribution in [1.82, 2.24) is 0 Å². The zero-order valence-electron chi connectivity index (χ0n) is 19.9. The van der Waals surface area contributed by atoms with Crippen LogP contribution in [0, 0.1) is 5.92 Å². The molecule has 1 N–H and O–H groups in total. The van der Waals surface area contributed by atoms with Gasteiger partial charge in [0.15, 0.2) is 5.43 Å². The van der Waals surface area contributed by atoms with Gasteiger partial charge in [0.05, 0.1) is 38.1 Å². The van der Waals surface area contributed by atoms with Crippen molar-refractivity contribution in [2.45, 2.75) is 25.6 Å². The number of para-hydroxylation sites is 1. The molecule has 9 heteroatoms. The maximum absolute atomic E-state index is 13.4. The van der Waals surface area contributed by atoms with E-state index in [1.165, 1.54) is 12.3 Å². The summed E-state index contributed by atoms with van der Waals surface area (Å²) >= 11 is 0. The van der Waals surface area contributed by atoms with Crippen LogP contribution in [0.5, 0.6) is 0 Å². The van der Waals surface area contributed by atoms with Gasteiger partial charge in [0.25, 0.3) is 0 Å². The first-order chi connectivity index (χ1) is 17.1. The van der Waals surface area contributed by atoms with E-state index in [0.29, 0.717) is 49.4 Å². The van der Waals surface area contributed by atoms with Crippen LogP contribution in [0.25, 0.3) is 11.0 Å². The average molecular weight is 489 g/mol. The largest absolute Gasteiger partial charge is 0.464 e. The van der Waals surface area contributed by atoms with Crippen LogP contribution >= 0.6 is 0 Å². The number of fused-ring (bicyclic) bond motifs is 1. The highest BCUT2D eigenvalue weighted by atomic mass is 16.7. The predicted molar refractivity (Wildman–Crippen MR) is 128 cm³/mol. The maximum Gasteiger partial charge on any atom is 0.373 e. The molecular weight excluding hydrogens is 456 g/mol. The average Bonchev–Trinajstić information content (AvgIpc) is 2.87. The minimum absolute atomic E-state index is 0.0250. The fraction of sp³-hybridized carbons (Fsp3) is 0.462. The third-order valence-electron chi connectivity index (χ3n) is 5.52. The van der Waals surface area contributed by atoms with E-state index in [4.69, 9.17) is 33.2 Å². The van der Waals surface area contributed by atoms with Gasteiger partial charge in [-0.15, -0.1) is 0 Å². The number of benzene rings is 1. The van der Waals surface area contributed by atoms with E-state index < -0.39 is 18.2 Å². The van der Waals surface area contributed by atoms with Crippen LogP contribution in [0.4, 0.5) is 0 Å². The molecule has 35 heavy (non-hydrogen) atoms. The van der Waals surface area contributed by atoms with Gasteiger partial charge in [0.2, 0.25) is 12.0 Å². The molecule has 1 aliphatic heterocycles. The van der Waals surface area contributed by atoms with Crippen LogP contribution in [-0.4, -0.2) is 63.6 Å². The Morgan fingerprint density at radius 2 is 1.94 bits per heavy atom. The lowest BCUT2D eigenvalue weighted by Gasteiger charge is -2.36. The number of aliphatic hydroxyl groups excluding tert-OH is 1. The van der Waals surface area contributed by atoms with Crippen molar-refractivity contribution in [3.05, 3.63) is 70.8 Å². The van der Waals surface area contributed by atoms with E-state index in [1.807, 2.05) is 6.92 Å². The summed E-state index contributed by atoms with van der Waals surface area (Å²) in [5.41, 5.74) is 0.682. The Kier molecular flexibility index (Phi) is 10.5. The number of hydrogen-bond donors (Lipinski definition) is 1. The third kappa shape index (κ3) is 7.02. The van der Waals surface area contributed by atoms with E-state index in [9.17, 15) is 9.59 Å². The van der Waals surface area contributed by atoms with Crippen molar-refractivity contribution in [3.63, 3.8) is 0 Å². The number of ether oxygens (including phenoxy) is 5. The molecule has 0 saturated heterocycles. The van der Waals surface area contributed by atoms with Gasteiger partial charge in [-0.2, -0.15) is 0 Å². The fourth-order valence-electron chi connectivity index (χ4n) is 3.92. The Labute approximate surface area is 203 Å². The SMILES string of the molecule is C=CCOC(=O)C1=C[C@H](c2coc3ccccc3c2=O)[C@@H](CCOCCOCCO)[C@H](OCC)O1. The topological polar surface area (TPSA) is 114 Å². The first-order valence-electron chi connectivity index (χ1n) is 11.7. The van der Waals surface area contributed by atoms with E-state index in [1.54, 1.807) is 30.3 Å². The summed E-state index contributed by atoms with van der Waals surface area (Å²) in [6, 6.07) is 7.00. The van der Waals surface area contributed by atoms with Crippen LogP contribution in [0.1, 0.15) is 24.8 Å². The standard InChI is InChI=1S/C26H32O9/c1-3-11-33-25(29)23-16-20(21-17-34-22-8-6-5-7-19(22)24(21)28)18(26(35-23)32-4-2)9-12-30-14-15-31-13-10-27/h3,5-8,16-18,20,26-27H,1,4,9-15H2,2H3/t18-,20+,26-/m1/s1. The minimum Gasteiger partial charge on any atom is -0.464 e. The molecule has 1 aliphatic rings. The molecule has 0 bridgehead atoms. The van der Waals surface area contributed by atoms with E-state index in [2.05, 4.69) is 6.58 Å². The van der Waals surface area contributed by atoms with E-state index >= 15 is 0 Å². The Balaban J connectivity index is 1.91. The summed E-state index contributed by atoms with van der Waals surface area (Å²) in [5.74, 6) is -1.58. The van der Waals surface area contributed by atoms with Gasteiger partial charge in [0.1, 0.15) is 12.2 Å². The molecule has 3 rings (SSSR count). The number of aliphatic hydroxyl groups is 1. The van der Waals surface area contributed by atoms with Crippen LogP contribution in [0.2, 0.25) is 0 Å². The van der Waals surface area contributed by atoms with Gasteiger partial charge in [-0.05, 0) is 31.6 Å². The summed E-state index contributed by atoms with van der Waals surface area (Å²) in [7, 11) is 0. The number of carbonyl (C=O) groups excluding carboxylic acids is 1. The quantitative estimate of drug-likeness (QED) is 0.244. The minimum atomic E-state index is -0.804. The molecule has 190 valence electrons. The smallest absolute Gasteiger partial charge is 0.373 e. The molecule has 0 amide bonds. The molecule has 1 aromatic carbocycles. The second kappa shape index (κ2) is 13.8. The molecule has 1 aromatic heterocycles. The summed E-state index contributed by atoms with van der Waals surface area (Å²) in [6.07, 6.45) is 4.16. The number of rotatable bonds is 14. The van der Waals surface area contributed by atoms with Gasteiger partial charge >= 0.3 is 5.97 Å². The second-order valence-corrected chi connectivity index (χ2v) is 7.80. The van der Waals surface area contributed by atoms with Gasteiger partial charge in [-0.1, -0.05) is 24.8 Å². The molecule has 0 fully saturated rings. The van der Waals surface area contributed by atoms with E-state index in [0.717, 1.165) is 0 Å². The van der Waals surface area contributed by atoms with Gasteiger partial charge in [-0.25, -0.2) is 4.79 Å². The van der Waals surface area contributed by atoms with Gasteiger partial charge in [-0.3, -0.25) is 4.79 Å². The third-order valence-corrected chi connectivity index (χ3v) is 5.52. The lowest BCUT2D eigenvalue weighted by atomic mass is 9.81. The molecule has 2 heterocycles. The second-order valence-electron chi connectivity index (χ2n) is 7.80. The predicted octanol–water partition coefficient (Wildman–Crippen LogP) is 2.91. The summed E-state index contributed by atoms with van der Waals surface area (Å²) < 4.78 is 33.5. The van der Waals surface area contributed by atoms with Crippen LogP contribution in [0.15, 0.2) is 64.2 Å². The van der Waals surface area contributed by atoms with Gasteiger partial charge in [0, 0.05) is 30.6 Å². The summed E-state index contributed by atoms with van der Waals surface area (Å²) in [4.78, 5) is 26.0. The van der Waals surface area contributed by atoms with Crippen molar-refractivity contribution in [2.24, 2.45) is 5.92 Å². The highest BCUT2D eigenvalue weighted by molar-refractivity contribution is 5.86. The Hall–Kier alpha value is -2.98. The molecule has 9 nitrogen and oxygen atoms in total. The van der Waals surface area contributed by atoms with Crippen LogP contribution in [0.3, 0.4) is 0 Å². The molecular formula is C26H32O9. The van der Waals surface area contributed by atoms with Crippen molar-refractivity contribution >= 4 is 16.9 Å². The Bertz CT molecular complexity index is 1060. The summed E-state index contributed by atoms with van der Waals surface area (Å²) in [5, 5.41) is 9.23. The van der Waals surface area contributed by atoms with Gasteiger partial charge < -0.3 is 33.2 Å². The molecule has 0 radical (unpaired) electrons. The van der Waals surface area contributed by atoms with Crippen LogP contribution in [-0.2, 0) is 28.5 Å². The van der Waals surface area contributed by atoms with Crippen LogP contribution < -0.4 is 5.43 Å². The van der Waals surface area contributed by atoms with Crippen molar-refractivity contribution in [3.8, 4) is 0 Å².